The number of anilines is 1. The smallest absolute Gasteiger partial charge is 0.350 e. The third-order valence-corrected chi connectivity index (χ3v) is 5.39. The molecule has 0 unspecified atom stereocenters. The molecule has 0 aliphatic heterocycles. The Morgan fingerprint density at radius 2 is 2.11 bits per heavy atom. The molecular weight excluding hydrogens is 258 g/mol. The van der Waals surface area contributed by atoms with E-state index in [1.165, 1.54) is 55.4 Å². The van der Waals surface area contributed by atoms with Crippen molar-refractivity contribution >= 4 is 23.0 Å². The van der Waals surface area contributed by atoms with Crippen molar-refractivity contribution in [3.05, 3.63) is 15.8 Å². The van der Waals surface area contributed by atoms with E-state index in [1.54, 1.807) is 0 Å². The van der Waals surface area contributed by atoms with Gasteiger partial charge in [-0.3, -0.25) is 0 Å². The van der Waals surface area contributed by atoms with Crippen LogP contribution in [0, 0.1) is 5.92 Å². The summed E-state index contributed by atoms with van der Waals surface area (Å²) in [5.74, 6) is 0.342. The second-order valence-corrected chi connectivity index (χ2v) is 7.02. The Morgan fingerprint density at radius 3 is 2.63 bits per heavy atom. The number of rotatable bonds is 4. The summed E-state index contributed by atoms with van der Waals surface area (Å²) in [5, 5.41) is 0. The van der Waals surface area contributed by atoms with E-state index in [9.17, 15) is 4.79 Å². The average molecular weight is 281 g/mol. The van der Waals surface area contributed by atoms with Gasteiger partial charge < -0.3 is 10.5 Å². The maximum atomic E-state index is 11.7. The fourth-order valence-corrected chi connectivity index (χ4v) is 4.56. The zero-order valence-electron chi connectivity index (χ0n) is 12.0. The summed E-state index contributed by atoms with van der Waals surface area (Å²) in [6, 6.07) is 2.00. The van der Waals surface area contributed by atoms with E-state index in [2.05, 4.69) is 13.8 Å². The van der Waals surface area contributed by atoms with E-state index >= 15 is 0 Å². The highest BCUT2D eigenvalue weighted by atomic mass is 32.1. The van der Waals surface area contributed by atoms with Crippen molar-refractivity contribution < 1.29 is 9.53 Å². The van der Waals surface area contributed by atoms with Crippen molar-refractivity contribution in [3.63, 3.8) is 0 Å². The number of thiophene rings is 1. The summed E-state index contributed by atoms with van der Waals surface area (Å²) < 4.78 is 4.80. The first-order chi connectivity index (χ1) is 8.98. The van der Waals surface area contributed by atoms with Crippen LogP contribution in [0.2, 0.25) is 0 Å². The van der Waals surface area contributed by atoms with Crippen molar-refractivity contribution in [1.29, 1.82) is 0 Å². The molecule has 2 rings (SSSR count). The lowest BCUT2D eigenvalue weighted by Crippen LogP contribution is -2.23. The number of ether oxygens (including phenoxy) is 1. The van der Waals surface area contributed by atoms with Crippen LogP contribution in [0.25, 0.3) is 0 Å². The largest absolute Gasteiger partial charge is 0.465 e. The number of methoxy groups -OCH3 is 1. The SMILES string of the molecule is COC(=O)c1sc(C2(CC(C)C)CCCC2)cc1N. The molecule has 1 aliphatic carbocycles. The van der Waals surface area contributed by atoms with Gasteiger partial charge in [-0.05, 0) is 31.2 Å². The molecule has 106 valence electrons. The summed E-state index contributed by atoms with van der Waals surface area (Å²) in [6.07, 6.45) is 6.15. The lowest BCUT2D eigenvalue weighted by atomic mass is 9.77. The van der Waals surface area contributed by atoms with Crippen molar-refractivity contribution in [2.24, 2.45) is 5.92 Å². The maximum Gasteiger partial charge on any atom is 0.350 e. The fraction of sp³-hybridized carbons (Fsp3) is 0.667. The van der Waals surface area contributed by atoms with Gasteiger partial charge in [-0.2, -0.15) is 0 Å². The van der Waals surface area contributed by atoms with Crippen molar-refractivity contribution in [2.45, 2.75) is 51.4 Å². The van der Waals surface area contributed by atoms with Crippen LogP contribution in [0.4, 0.5) is 5.69 Å². The van der Waals surface area contributed by atoms with Gasteiger partial charge in [-0.25, -0.2) is 4.79 Å². The van der Waals surface area contributed by atoms with Crippen LogP contribution < -0.4 is 5.73 Å². The molecule has 0 bridgehead atoms. The molecule has 0 atom stereocenters. The zero-order chi connectivity index (χ0) is 14.0. The molecule has 3 nitrogen and oxygen atoms in total. The van der Waals surface area contributed by atoms with E-state index in [4.69, 9.17) is 10.5 Å². The van der Waals surface area contributed by atoms with Crippen LogP contribution >= 0.6 is 11.3 Å². The number of hydrogen-bond donors (Lipinski definition) is 1. The lowest BCUT2D eigenvalue weighted by molar-refractivity contribution is 0.0607. The third kappa shape index (κ3) is 2.78. The van der Waals surface area contributed by atoms with Crippen LogP contribution in [0.1, 0.15) is 60.5 Å². The number of nitrogen functional groups attached to an aromatic ring is 1. The summed E-state index contributed by atoms with van der Waals surface area (Å²) >= 11 is 1.53. The van der Waals surface area contributed by atoms with Crippen molar-refractivity contribution in [2.75, 3.05) is 12.8 Å². The molecule has 0 amide bonds. The minimum absolute atomic E-state index is 0.235. The van der Waals surface area contributed by atoms with Gasteiger partial charge in [-0.1, -0.05) is 26.7 Å². The quantitative estimate of drug-likeness (QED) is 0.849. The molecule has 1 aromatic heterocycles. The van der Waals surface area contributed by atoms with E-state index < -0.39 is 0 Å². The van der Waals surface area contributed by atoms with Crippen molar-refractivity contribution in [3.8, 4) is 0 Å². The Bertz CT molecular complexity index is 459. The Kier molecular flexibility index (Phi) is 4.19. The van der Waals surface area contributed by atoms with Crippen LogP contribution in [0.5, 0.6) is 0 Å². The van der Waals surface area contributed by atoms with Gasteiger partial charge in [0, 0.05) is 10.3 Å². The number of carbonyl (C=O) groups excluding carboxylic acids is 1. The normalized spacial score (nSPS) is 17.9. The number of nitrogens with two attached hydrogens (primary N) is 1. The number of carbonyl (C=O) groups is 1. The molecule has 1 heterocycles. The van der Waals surface area contributed by atoms with Crippen LogP contribution in [-0.2, 0) is 10.2 Å². The third-order valence-electron chi connectivity index (χ3n) is 4.01. The number of hydrogen-bond acceptors (Lipinski definition) is 4. The Morgan fingerprint density at radius 1 is 1.47 bits per heavy atom. The summed E-state index contributed by atoms with van der Waals surface area (Å²) in [7, 11) is 1.40. The molecule has 4 heteroatoms. The molecule has 1 aromatic rings. The van der Waals surface area contributed by atoms with Crippen LogP contribution in [0.3, 0.4) is 0 Å². The molecule has 1 aliphatic rings. The van der Waals surface area contributed by atoms with Gasteiger partial charge in [0.05, 0.1) is 12.8 Å². The van der Waals surface area contributed by atoms with E-state index in [0.717, 1.165) is 0 Å². The van der Waals surface area contributed by atoms with Crippen LogP contribution in [-0.4, -0.2) is 13.1 Å². The first-order valence-corrected chi connectivity index (χ1v) is 7.78. The van der Waals surface area contributed by atoms with E-state index in [0.29, 0.717) is 16.5 Å². The molecule has 0 spiro atoms. The lowest BCUT2D eigenvalue weighted by Gasteiger charge is -2.29. The topological polar surface area (TPSA) is 52.3 Å². The van der Waals surface area contributed by atoms with Crippen molar-refractivity contribution in [1.82, 2.24) is 0 Å². The van der Waals surface area contributed by atoms with E-state index in [1.807, 2.05) is 6.07 Å². The second-order valence-electron chi connectivity index (χ2n) is 5.97. The highest BCUT2D eigenvalue weighted by molar-refractivity contribution is 7.14. The van der Waals surface area contributed by atoms with Gasteiger partial charge in [-0.15, -0.1) is 11.3 Å². The molecule has 2 N–H and O–H groups in total. The van der Waals surface area contributed by atoms with Gasteiger partial charge in [0.15, 0.2) is 0 Å². The standard InChI is InChI=1S/C15H23NO2S/c1-10(2)9-15(6-4-5-7-15)12-8-11(16)13(19-12)14(17)18-3/h8,10H,4-7,9,16H2,1-3H3. The van der Waals surface area contributed by atoms with Gasteiger partial charge in [0.25, 0.3) is 0 Å². The first kappa shape index (κ1) is 14.4. The molecule has 19 heavy (non-hydrogen) atoms. The average Bonchev–Trinajstić information content (AvgIpc) is 2.95. The minimum atomic E-state index is -0.313. The fourth-order valence-electron chi connectivity index (χ4n) is 3.30. The predicted octanol–water partition coefficient (Wildman–Crippen LogP) is 3.97. The highest BCUT2D eigenvalue weighted by Crippen LogP contribution is 2.49. The summed E-state index contributed by atoms with van der Waals surface area (Å²) in [5.41, 5.74) is 6.79. The van der Waals surface area contributed by atoms with Gasteiger partial charge in [0.1, 0.15) is 4.88 Å². The van der Waals surface area contributed by atoms with Gasteiger partial charge in [0.2, 0.25) is 0 Å². The molecule has 0 radical (unpaired) electrons. The van der Waals surface area contributed by atoms with Gasteiger partial charge >= 0.3 is 5.97 Å². The highest BCUT2D eigenvalue weighted by Gasteiger charge is 2.38. The zero-order valence-corrected chi connectivity index (χ0v) is 12.8. The Balaban J connectivity index is 2.35. The first-order valence-electron chi connectivity index (χ1n) is 6.96. The molecule has 0 aromatic carbocycles. The molecule has 1 fully saturated rings. The molecular formula is C15H23NO2S. The summed E-state index contributed by atoms with van der Waals surface area (Å²) in [6.45, 7) is 4.52. The number of esters is 1. The molecule has 1 saturated carbocycles. The second kappa shape index (κ2) is 5.53. The Labute approximate surface area is 119 Å². The monoisotopic (exact) mass is 281 g/mol. The minimum Gasteiger partial charge on any atom is -0.465 e. The maximum absolute atomic E-state index is 11.7. The van der Waals surface area contributed by atoms with E-state index in [-0.39, 0.29) is 11.4 Å². The predicted molar refractivity (Wildman–Crippen MR) is 79.7 cm³/mol. The molecule has 0 saturated heterocycles. The Hall–Kier alpha value is -1.03. The van der Waals surface area contributed by atoms with Crippen LogP contribution in [0.15, 0.2) is 6.07 Å². The summed E-state index contributed by atoms with van der Waals surface area (Å²) in [4.78, 5) is 13.5.